The summed E-state index contributed by atoms with van der Waals surface area (Å²) in [6.07, 6.45) is 5.01. The van der Waals surface area contributed by atoms with Crippen LogP contribution < -0.4 is 5.32 Å². The molecular weight excluding hydrogens is 248 g/mol. The van der Waals surface area contributed by atoms with Gasteiger partial charge >= 0.3 is 0 Å². The van der Waals surface area contributed by atoms with Crippen LogP contribution in [0, 0.1) is 0 Å². The number of hydrogen-bond donors (Lipinski definition) is 2. The van der Waals surface area contributed by atoms with E-state index in [0.29, 0.717) is 0 Å². The number of hydrogen-bond acceptors (Lipinski definition) is 4. The average Bonchev–Trinajstić information content (AvgIpc) is 2.39. The number of thioether (sulfide) groups is 1. The molecule has 3 unspecified atom stereocenters. The molecule has 1 amide bonds. The summed E-state index contributed by atoms with van der Waals surface area (Å²) in [6.45, 7) is 5.98. The monoisotopic (exact) mass is 274 g/mol. The maximum atomic E-state index is 12.4. The first-order valence-corrected chi connectivity index (χ1v) is 8.12. The van der Waals surface area contributed by atoms with Gasteiger partial charge in [0, 0.05) is 17.8 Å². The minimum atomic E-state index is -0.0256. The predicted octanol–water partition coefficient (Wildman–Crippen LogP) is 1.09. The van der Waals surface area contributed by atoms with Gasteiger partial charge in [0.15, 0.2) is 0 Å². The third-order valence-electron chi connectivity index (χ3n) is 3.63. The van der Waals surface area contributed by atoms with E-state index < -0.39 is 0 Å². The van der Waals surface area contributed by atoms with E-state index in [-0.39, 0.29) is 29.8 Å². The number of amides is 1. The molecule has 1 rings (SSSR count). The Bertz CT molecular complexity index is 259. The highest BCUT2D eigenvalue weighted by Gasteiger charge is 2.33. The zero-order chi connectivity index (χ0) is 13.5. The number of carbonyl (C=O) groups excluding carboxylic acids is 1. The van der Waals surface area contributed by atoms with Crippen molar-refractivity contribution in [1.82, 2.24) is 10.2 Å². The van der Waals surface area contributed by atoms with Gasteiger partial charge in [-0.3, -0.25) is 4.79 Å². The number of nitrogens with zero attached hydrogens (tertiary/aromatic N) is 1. The van der Waals surface area contributed by atoms with Crippen molar-refractivity contribution in [3.05, 3.63) is 0 Å². The van der Waals surface area contributed by atoms with Crippen LogP contribution in [-0.4, -0.2) is 59.2 Å². The van der Waals surface area contributed by atoms with Gasteiger partial charge in [-0.25, -0.2) is 0 Å². The molecule has 1 saturated heterocycles. The summed E-state index contributed by atoms with van der Waals surface area (Å²) in [7, 11) is 0. The summed E-state index contributed by atoms with van der Waals surface area (Å²) in [5.41, 5.74) is 0. The van der Waals surface area contributed by atoms with Crippen molar-refractivity contribution in [2.75, 3.05) is 26.0 Å². The zero-order valence-corrected chi connectivity index (χ0v) is 12.5. The molecule has 0 radical (unpaired) electrons. The third-order valence-corrected chi connectivity index (χ3v) is 4.77. The Morgan fingerprint density at radius 1 is 1.61 bits per heavy atom. The van der Waals surface area contributed by atoms with Crippen molar-refractivity contribution in [3.8, 4) is 0 Å². The fourth-order valence-electron chi connectivity index (χ4n) is 2.44. The van der Waals surface area contributed by atoms with Crippen LogP contribution in [0.3, 0.4) is 0 Å². The second-order valence-corrected chi connectivity index (χ2v) is 5.95. The number of aliphatic hydroxyl groups is 1. The lowest BCUT2D eigenvalue weighted by molar-refractivity contribution is -0.138. The van der Waals surface area contributed by atoms with Crippen LogP contribution in [0.1, 0.15) is 33.1 Å². The van der Waals surface area contributed by atoms with Gasteiger partial charge in [0.1, 0.15) is 0 Å². The SMILES string of the molecule is CCCNC1CCCN(C(C)C(CO)SC)C1=O. The van der Waals surface area contributed by atoms with E-state index in [0.717, 1.165) is 32.4 Å². The highest BCUT2D eigenvalue weighted by molar-refractivity contribution is 7.99. The maximum absolute atomic E-state index is 12.4. The molecule has 18 heavy (non-hydrogen) atoms. The summed E-state index contributed by atoms with van der Waals surface area (Å²) < 4.78 is 0. The van der Waals surface area contributed by atoms with Gasteiger partial charge in [0.25, 0.3) is 0 Å². The molecule has 0 spiro atoms. The van der Waals surface area contributed by atoms with E-state index in [1.807, 2.05) is 18.1 Å². The number of carbonyl (C=O) groups is 1. The molecule has 0 bridgehead atoms. The van der Waals surface area contributed by atoms with E-state index >= 15 is 0 Å². The lowest BCUT2D eigenvalue weighted by Gasteiger charge is -2.39. The van der Waals surface area contributed by atoms with E-state index in [2.05, 4.69) is 12.2 Å². The average molecular weight is 274 g/mol. The summed E-state index contributed by atoms with van der Waals surface area (Å²) in [5, 5.41) is 12.8. The molecule has 0 aromatic carbocycles. The van der Waals surface area contributed by atoms with Crippen LogP contribution in [0.2, 0.25) is 0 Å². The van der Waals surface area contributed by atoms with Crippen LogP contribution in [-0.2, 0) is 4.79 Å². The molecule has 0 aromatic rings. The van der Waals surface area contributed by atoms with Gasteiger partial charge in [-0.05, 0) is 39.0 Å². The maximum Gasteiger partial charge on any atom is 0.239 e. The Balaban J connectivity index is 2.61. The fraction of sp³-hybridized carbons (Fsp3) is 0.923. The lowest BCUT2D eigenvalue weighted by Crippen LogP contribution is -2.56. The Labute approximate surface area is 115 Å². The highest BCUT2D eigenvalue weighted by Crippen LogP contribution is 2.21. The normalized spacial score (nSPS) is 24.1. The molecular formula is C13H26N2O2S. The summed E-state index contributed by atoms with van der Waals surface area (Å²) >= 11 is 1.63. The molecule has 1 aliphatic heterocycles. The molecule has 5 heteroatoms. The van der Waals surface area contributed by atoms with Crippen molar-refractivity contribution in [3.63, 3.8) is 0 Å². The Hall–Kier alpha value is -0.260. The van der Waals surface area contributed by atoms with Crippen LogP contribution in [0.25, 0.3) is 0 Å². The fourth-order valence-corrected chi connectivity index (χ4v) is 3.13. The first-order valence-electron chi connectivity index (χ1n) is 6.83. The van der Waals surface area contributed by atoms with Gasteiger partial charge in [-0.15, -0.1) is 0 Å². The molecule has 1 aliphatic rings. The molecule has 0 aliphatic carbocycles. The first-order chi connectivity index (χ1) is 8.65. The molecule has 4 nitrogen and oxygen atoms in total. The van der Waals surface area contributed by atoms with Crippen LogP contribution in [0.5, 0.6) is 0 Å². The smallest absolute Gasteiger partial charge is 0.239 e. The largest absolute Gasteiger partial charge is 0.395 e. The summed E-state index contributed by atoms with van der Waals surface area (Å²) in [6, 6.07) is 0.0751. The second-order valence-electron chi connectivity index (χ2n) is 4.88. The zero-order valence-electron chi connectivity index (χ0n) is 11.7. The number of aliphatic hydroxyl groups excluding tert-OH is 1. The van der Waals surface area contributed by atoms with E-state index in [1.54, 1.807) is 11.8 Å². The van der Waals surface area contributed by atoms with Gasteiger partial charge in [-0.1, -0.05) is 6.92 Å². The number of nitrogens with one attached hydrogen (secondary N) is 1. The van der Waals surface area contributed by atoms with Gasteiger partial charge in [-0.2, -0.15) is 11.8 Å². The van der Waals surface area contributed by atoms with Crippen LogP contribution in [0.15, 0.2) is 0 Å². The van der Waals surface area contributed by atoms with Crippen molar-refractivity contribution in [2.45, 2.75) is 50.4 Å². The van der Waals surface area contributed by atoms with Crippen molar-refractivity contribution < 1.29 is 9.90 Å². The van der Waals surface area contributed by atoms with Gasteiger partial charge in [0.05, 0.1) is 12.6 Å². The van der Waals surface area contributed by atoms with Gasteiger partial charge in [0.2, 0.25) is 5.91 Å². The minimum absolute atomic E-state index is 0.0256. The molecule has 3 atom stereocenters. The van der Waals surface area contributed by atoms with Crippen molar-refractivity contribution in [2.24, 2.45) is 0 Å². The molecule has 106 valence electrons. The highest BCUT2D eigenvalue weighted by atomic mass is 32.2. The quantitative estimate of drug-likeness (QED) is 0.730. The number of rotatable bonds is 7. The van der Waals surface area contributed by atoms with Crippen LogP contribution in [0.4, 0.5) is 0 Å². The molecule has 0 saturated carbocycles. The summed E-state index contributed by atoms with van der Waals surface area (Å²) in [5.74, 6) is 0.203. The van der Waals surface area contributed by atoms with Crippen molar-refractivity contribution in [1.29, 1.82) is 0 Å². The third kappa shape index (κ3) is 3.87. The van der Waals surface area contributed by atoms with E-state index in [9.17, 15) is 9.90 Å². The Morgan fingerprint density at radius 2 is 2.33 bits per heavy atom. The minimum Gasteiger partial charge on any atom is -0.395 e. The number of likely N-dealkylation sites (tertiary alicyclic amines) is 1. The molecule has 1 heterocycles. The molecule has 0 aromatic heterocycles. The Kier molecular flexibility index (Phi) is 7.04. The number of piperidine rings is 1. The van der Waals surface area contributed by atoms with Crippen molar-refractivity contribution >= 4 is 17.7 Å². The van der Waals surface area contributed by atoms with E-state index in [4.69, 9.17) is 0 Å². The first kappa shape index (κ1) is 15.8. The van der Waals surface area contributed by atoms with E-state index in [1.165, 1.54) is 0 Å². The second kappa shape index (κ2) is 8.02. The standard InChI is InChI=1S/C13H26N2O2S/c1-4-7-14-11-6-5-8-15(13(11)17)10(2)12(9-16)18-3/h10-12,14,16H,4-9H2,1-3H3. The molecule has 1 fully saturated rings. The van der Waals surface area contributed by atoms with Crippen LogP contribution >= 0.6 is 11.8 Å². The van der Waals surface area contributed by atoms with Gasteiger partial charge < -0.3 is 15.3 Å². The molecule has 2 N–H and O–H groups in total. The topological polar surface area (TPSA) is 52.6 Å². The predicted molar refractivity (Wildman–Crippen MR) is 76.9 cm³/mol. The summed E-state index contributed by atoms with van der Waals surface area (Å²) in [4.78, 5) is 14.3. The lowest BCUT2D eigenvalue weighted by atomic mass is 10.0. The Morgan fingerprint density at radius 3 is 2.89 bits per heavy atom.